The van der Waals surface area contributed by atoms with Crippen LogP contribution in [0.1, 0.15) is 27.2 Å². The monoisotopic (exact) mass is 139 g/mol. The summed E-state index contributed by atoms with van der Waals surface area (Å²) >= 11 is 0. The summed E-state index contributed by atoms with van der Waals surface area (Å²) in [6.45, 7) is 6.47. The van der Waals surface area contributed by atoms with Crippen molar-refractivity contribution in [3.63, 3.8) is 0 Å². The normalized spacial score (nSPS) is 13.4. The predicted octanol–water partition coefficient (Wildman–Crippen LogP) is 2.45. The van der Waals surface area contributed by atoms with Crippen molar-refractivity contribution in [1.82, 2.24) is 0 Å². The molecule has 1 heteroatoms. The number of nitrogens with two attached hydrogens (primary N) is 1. The summed E-state index contributed by atoms with van der Waals surface area (Å²) < 4.78 is 0. The van der Waals surface area contributed by atoms with Gasteiger partial charge in [-0.15, -0.1) is 0 Å². The minimum atomic E-state index is 0.583. The quantitative estimate of drug-likeness (QED) is 0.597. The first-order valence-electron chi connectivity index (χ1n) is 3.80. The summed E-state index contributed by atoms with van der Waals surface area (Å²) in [5.74, 6) is 0.583. The first kappa shape index (κ1) is 9.28. The largest absolute Gasteiger partial charge is 0.405 e. The molecule has 58 valence electrons. The first-order valence-corrected chi connectivity index (χ1v) is 3.80. The molecule has 0 unspecified atom stereocenters. The van der Waals surface area contributed by atoms with Crippen molar-refractivity contribution in [2.45, 2.75) is 27.2 Å². The Balaban J connectivity index is 4.11. The summed E-state index contributed by atoms with van der Waals surface area (Å²) in [5.41, 5.74) is 6.60. The van der Waals surface area contributed by atoms with Crippen LogP contribution in [-0.2, 0) is 0 Å². The fraction of sp³-hybridized carbons (Fsp3) is 0.556. The van der Waals surface area contributed by atoms with Gasteiger partial charge in [-0.1, -0.05) is 26.8 Å². The average Bonchev–Trinajstić information content (AvgIpc) is 1.87. The van der Waals surface area contributed by atoms with E-state index < -0.39 is 0 Å². The van der Waals surface area contributed by atoms with E-state index in [9.17, 15) is 0 Å². The summed E-state index contributed by atoms with van der Waals surface area (Å²) in [5, 5.41) is 0. The molecule has 0 atom stereocenters. The zero-order valence-electron chi connectivity index (χ0n) is 7.09. The third-order valence-corrected chi connectivity index (χ3v) is 1.40. The van der Waals surface area contributed by atoms with Gasteiger partial charge in [0, 0.05) is 0 Å². The van der Waals surface area contributed by atoms with Crippen LogP contribution in [0.25, 0.3) is 0 Å². The van der Waals surface area contributed by atoms with Crippen LogP contribution >= 0.6 is 0 Å². The third-order valence-electron chi connectivity index (χ3n) is 1.40. The Kier molecular flexibility index (Phi) is 4.73. The lowest BCUT2D eigenvalue weighted by atomic mass is 10.0. The molecule has 0 aromatic carbocycles. The third kappa shape index (κ3) is 3.33. The zero-order chi connectivity index (χ0) is 7.98. The van der Waals surface area contributed by atoms with Crippen molar-refractivity contribution in [2.75, 3.05) is 0 Å². The molecule has 0 rings (SSSR count). The Morgan fingerprint density at radius 2 is 2.10 bits per heavy atom. The molecular formula is C9H17N. The van der Waals surface area contributed by atoms with E-state index in [1.165, 1.54) is 5.57 Å². The van der Waals surface area contributed by atoms with E-state index >= 15 is 0 Å². The van der Waals surface area contributed by atoms with Crippen LogP contribution in [0.15, 0.2) is 23.9 Å². The number of hydrogen-bond acceptors (Lipinski definition) is 1. The minimum Gasteiger partial charge on any atom is -0.405 e. The molecule has 1 nitrogen and oxygen atoms in total. The number of allylic oxidation sites excluding steroid dienone is 3. The molecule has 0 bridgehead atoms. The van der Waals surface area contributed by atoms with E-state index in [0.717, 1.165) is 6.42 Å². The second-order valence-corrected chi connectivity index (χ2v) is 2.63. The Morgan fingerprint density at radius 1 is 1.50 bits per heavy atom. The topological polar surface area (TPSA) is 26.0 Å². The van der Waals surface area contributed by atoms with Gasteiger partial charge in [-0.25, -0.2) is 0 Å². The van der Waals surface area contributed by atoms with Crippen LogP contribution in [0.5, 0.6) is 0 Å². The molecule has 0 aliphatic rings. The van der Waals surface area contributed by atoms with E-state index in [4.69, 9.17) is 5.73 Å². The predicted molar refractivity (Wildman–Crippen MR) is 46.5 cm³/mol. The molecular weight excluding hydrogens is 122 g/mol. The van der Waals surface area contributed by atoms with Crippen LogP contribution < -0.4 is 5.73 Å². The molecule has 0 aromatic heterocycles. The minimum absolute atomic E-state index is 0.583. The van der Waals surface area contributed by atoms with Crippen molar-refractivity contribution < 1.29 is 0 Å². The van der Waals surface area contributed by atoms with Crippen molar-refractivity contribution in [1.29, 1.82) is 0 Å². The fourth-order valence-corrected chi connectivity index (χ4v) is 0.843. The standard InChI is InChI=1S/C9H17N/c1-4-5-9(6-7-10)8(2)3/h5-8H,4,10H2,1-3H3/b7-6-,9-5+. The highest BCUT2D eigenvalue weighted by atomic mass is 14.5. The van der Waals surface area contributed by atoms with Crippen LogP contribution in [0.4, 0.5) is 0 Å². The summed E-state index contributed by atoms with van der Waals surface area (Å²) in [4.78, 5) is 0. The van der Waals surface area contributed by atoms with E-state index in [1.807, 2.05) is 6.08 Å². The summed E-state index contributed by atoms with van der Waals surface area (Å²) in [6, 6.07) is 0. The van der Waals surface area contributed by atoms with Gasteiger partial charge in [0.25, 0.3) is 0 Å². The maximum atomic E-state index is 5.28. The molecule has 0 fully saturated rings. The SMILES string of the molecule is CC/C=C(\C=C/N)C(C)C. The van der Waals surface area contributed by atoms with Crippen LogP contribution in [0.2, 0.25) is 0 Å². The highest BCUT2D eigenvalue weighted by molar-refractivity contribution is 5.19. The summed E-state index contributed by atoms with van der Waals surface area (Å²) in [6.07, 6.45) is 6.85. The van der Waals surface area contributed by atoms with E-state index in [1.54, 1.807) is 6.20 Å². The van der Waals surface area contributed by atoms with E-state index in [0.29, 0.717) is 5.92 Å². The smallest absolute Gasteiger partial charge is 0.00596 e. The van der Waals surface area contributed by atoms with Gasteiger partial charge < -0.3 is 5.73 Å². The molecule has 0 aliphatic carbocycles. The first-order chi connectivity index (χ1) is 4.72. The highest BCUT2D eigenvalue weighted by Crippen LogP contribution is 2.10. The number of hydrogen-bond donors (Lipinski definition) is 1. The van der Waals surface area contributed by atoms with Gasteiger partial charge in [0.2, 0.25) is 0 Å². The Hall–Kier alpha value is -0.720. The summed E-state index contributed by atoms with van der Waals surface area (Å²) in [7, 11) is 0. The molecule has 10 heavy (non-hydrogen) atoms. The van der Waals surface area contributed by atoms with Crippen molar-refractivity contribution in [2.24, 2.45) is 11.7 Å². The molecule has 0 aromatic rings. The lowest BCUT2D eigenvalue weighted by molar-refractivity contribution is 0.785. The Bertz CT molecular complexity index is 132. The van der Waals surface area contributed by atoms with Gasteiger partial charge >= 0.3 is 0 Å². The maximum Gasteiger partial charge on any atom is -0.00596 e. The van der Waals surface area contributed by atoms with Gasteiger partial charge in [-0.05, 0) is 30.2 Å². The molecule has 0 saturated carbocycles. The Labute approximate surface area is 63.6 Å². The van der Waals surface area contributed by atoms with Crippen molar-refractivity contribution in [3.8, 4) is 0 Å². The van der Waals surface area contributed by atoms with Crippen molar-refractivity contribution in [3.05, 3.63) is 23.9 Å². The van der Waals surface area contributed by atoms with Crippen molar-refractivity contribution >= 4 is 0 Å². The lowest BCUT2D eigenvalue weighted by Crippen LogP contribution is -1.91. The van der Waals surface area contributed by atoms with Crippen LogP contribution in [-0.4, -0.2) is 0 Å². The zero-order valence-corrected chi connectivity index (χ0v) is 7.09. The molecule has 0 saturated heterocycles. The molecule has 0 aliphatic heterocycles. The van der Waals surface area contributed by atoms with Crippen LogP contribution in [0, 0.1) is 5.92 Å². The van der Waals surface area contributed by atoms with Crippen LogP contribution in [0.3, 0.4) is 0 Å². The average molecular weight is 139 g/mol. The maximum absolute atomic E-state index is 5.28. The molecule has 0 amide bonds. The molecule has 0 heterocycles. The molecule has 0 radical (unpaired) electrons. The van der Waals surface area contributed by atoms with Gasteiger partial charge in [-0.3, -0.25) is 0 Å². The molecule has 2 N–H and O–H groups in total. The Morgan fingerprint density at radius 3 is 2.40 bits per heavy atom. The van der Waals surface area contributed by atoms with Gasteiger partial charge in [0.05, 0.1) is 0 Å². The fourth-order valence-electron chi connectivity index (χ4n) is 0.843. The number of rotatable bonds is 3. The van der Waals surface area contributed by atoms with Gasteiger partial charge in [-0.2, -0.15) is 0 Å². The molecule has 0 spiro atoms. The van der Waals surface area contributed by atoms with E-state index in [2.05, 4.69) is 26.8 Å². The van der Waals surface area contributed by atoms with Gasteiger partial charge in [0.15, 0.2) is 0 Å². The second kappa shape index (κ2) is 5.10. The second-order valence-electron chi connectivity index (χ2n) is 2.63. The van der Waals surface area contributed by atoms with E-state index in [-0.39, 0.29) is 0 Å². The lowest BCUT2D eigenvalue weighted by Gasteiger charge is -2.04. The highest BCUT2D eigenvalue weighted by Gasteiger charge is 1.95. The van der Waals surface area contributed by atoms with Gasteiger partial charge in [0.1, 0.15) is 0 Å².